The highest BCUT2D eigenvalue weighted by Gasteiger charge is 2.25. The SMILES string of the molecule is C=CCCCCC(CC)CC1CO1. The Bertz CT molecular complexity index is 138. The molecule has 1 saturated heterocycles. The molecule has 0 radical (unpaired) electrons. The molecule has 0 aromatic rings. The molecule has 0 aromatic heterocycles. The molecular weight excluding hydrogens is 160 g/mol. The summed E-state index contributed by atoms with van der Waals surface area (Å²) in [5.74, 6) is 0.900. The van der Waals surface area contributed by atoms with Gasteiger partial charge in [0.1, 0.15) is 0 Å². The molecule has 1 aliphatic heterocycles. The van der Waals surface area contributed by atoms with Crippen molar-refractivity contribution < 1.29 is 4.74 Å². The number of rotatable bonds is 8. The van der Waals surface area contributed by atoms with E-state index < -0.39 is 0 Å². The minimum atomic E-state index is 0.615. The quantitative estimate of drug-likeness (QED) is 0.318. The van der Waals surface area contributed by atoms with E-state index >= 15 is 0 Å². The fourth-order valence-electron chi connectivity index (χ4n) is 1.79. The summed E-state index contributed by atoms with van der Waals surface area (Å²) < 4.78 is 5.25. The maximum Gasteiger partial charge on any atom is 0.0812 e. The van der Waals surface area contributed by atoms with Gasteiger partial charge in [0.25, 0.3) is 0 Å². The lowest BCUT2D eigenvalue weighted by molar-refractivity contribution is 0.331. The molecule has 0 saturated carbocycles. The van der Waals surface area contributed by atoms with Crippen molar-refractivity contribution in [3.63, 3.8) is 0 Å². The van der Waals surface area contributed by atoms with Crippen LogP contribution in [-0.2, 0) is 4.74 Å². The minimum absolute atomic E-state index is 0.615. The molecule has 2 unspecified atom stereocenters. The molecule has 0 aliphatic carbocycles. The maximum absolute atomic E-state index is 5.25. The Labute approximate surface area is 82.2 Å². The molecule has 0 amide bonds. The lowest BCUT2D eigenvalue weighted by Gasteiger charge is -2.12. The van der Waals surface area contributed by atoms with Crippen molar-refractivity contribution in [3.05, 3.63) is 12.7 Å². The molecule has 1 nitrogen and oxygen atoms in total. The van der Waals surface area contributed by atoms with E-state index in [1.54, 1.807) is 0 Å². The topological polar surface area (TPSA) is 12.5 Å². The molecule has 76 valence electrons. The largest absolute Gasteiger partial charge is 0.373 e. The molecule has 1 rings (SSSR count). The summed E-state index contributed by atoms with van der Waals surface area (Å²) in [5, 5.41) is 0. The average molecular weight is 182 g/mol. The second-order valence-electron chi connectivity index (χ2n) is 4.04. The van der Waals surface area contributed by atoms with Crippen LogP contribution in [0.25, 0.3) is 0 Å². The Hall–Kier alpha value is -0.300. The van der Waals surface area contributed by atoms with Gasteiger partial charge in [-0.3, -0.25) is 0 Å². The summed E-state index contributed by atoms with van der Waals surface area (Å²) in [7, 11) is 0. The first-order valence-corrected chi connectivity index (χ1v) is 5.59. The number of allylic oxidation sites excluding steroid dienone is 1. The zero-order valence-electron chi connectivity index (χ0n) is 8.80. The van der Waals surface area contributed by atoms with E-state index in [1.165, 1.54) is 38.5 Å². The Balaban J connectivity index is 1.97. The van der Waals surface area contributed by atoms with E-state index in [2.05, 4.69) is 13.5 Å². The van der Waals surface area contributed by atoms with Crippen molar-refractivity contribution in [2.45, 2.75) is 51.6 Å². The second-order valence-corrected chi connectivity index (χ2v) is 4.04. The van der Waals surface area contributed by atoms with Crippen LogP contribution in [0.1, 0.15) is 45.4 Å². The van der Waals surface area contributed by atoms with Gasteiger partial charge in [-0.25, -0.2) is 0 Å². The summed E-state index contributed by atoms with van der Waals surface area (Å²) in [6.07, 6.45) is 10.5. The van der Waals surface area contributed by atoms with E-state index in [0.717, 1.165) is 12.5 Å². The van der Waals surface area contributed by atoms with E-state index in [4.69, 9.17) is 4.74 Å². The van der Waals surface area contributed by atoms with Crippen molar-refractivity contribution >= 4 is 0 Å². The molecule has 0 bridgehead atoms. The van der Waals surface area contributed by atoms with Crippen LogP contribution in [0.4, 0.5) is 0 Å². The average Bonchev–Trinajstić information content (AvgIpc) is 2.94. The van der Waals surface area contributed by atoms with Crippen LogP contribution in [-0.4, -0.2) is 12.7 Å². The predicted molar refractivity (Wildman–Crippen MR) is 56.8 cm³/mol. The number of hydrogen-bond donors (Lipinski definition) is 0. The van der Waals surface area contributed by atoms with E-state index in [9.17, 15) is 0 Å². The van der Waals surface area contributed by atoms with E-state index in [1.807, 2.05) is 6.08 Å². The first-order chi connectivity index (χ1) is 6.36. The molecule has 1 aliphatic rings. The van der Waals surface area contributed by atoms with Crippen molar-refractivity contribution in [3.8, 4) is 0 Å². The van der Waals surface area contributed by atoms with Gasteiger partial charge in [0, 0.05) is 0 Å². The monoisotopic (exact) mass is 182 g/mol. The molecular formula is C12H22O. The van der Waals surface area contributed by atoms with Gasteiger partial charge in [-0.15, -0.1) is 6.58 Å². The van der Waals surface area contributed by atoms with Gasteiger partial charge in [-0.1, -0.05) is 32.3 Å². The van der Waals surface area contributed by atoms with Gasteiger partial charge in [0.2, 0.25) is 0 Å². The second kappa shape index (κ2) is 6.20. The number of epoxide rings is 1. The predicted octanol–water partition coefficient (Wildman–Crippen LogP) is 3.55. The zero-order chi connectivity index (χ0) is 9.52. The van der Waals surface area contributed by atoms with Crippen LogP contribution in [0.2, 0.25) is 0 Å². The van der Waals surface area contributed by atoms with Crippen LogP contribution in [0, 0.1) is 5.92 Å². The van der Waals surface area contributed by atoms with Crippen molar-refractivity contribution in [1.82, 2.24) is 0 Å². The van der Waals surface area contributed by atoms with Crippen molar-refractivity contribution in [1.29, 1.82) is 0 Å². The first-order valence-electron chi connectivity index (χ1n) is 5.59. The number of unbranched alkanes of at least 4 members (excludes halogenated alkanes) is 2. The Morgan fingerprint density at radius 1 is 1.54 bits per heavy atom. The zero-order valence-corrected chi connectivity index (χ0v) is 8.80. The Kier molecular flexibility index (Phi) is 5.14. The highest BCUT2D eigenvalue weighted by Crippen LogP contribution is 2.25. The third-order valence-electron chi connectivity index (χ3n) is 2.85. The summed E-state index contributed by atoms with van der Waals surface area (Å²) in [6, 6.07) is 0. The van der Waals surface area contributed by atoms with Crippen LogP contribution in [0.3, 0.4) is 0 Å². The summed E-state index contributed by atoms with van der Waals surface area (Å²) in [5.41, 5.74) is 0. The smallest absolute Gasteiger partial charge is 0.0812 e. The Morgan fingerprint density at radius 2 is 2.31 bits per heavy atom. The standard InChI is InChI=1S/C12H22O/c1-3-5-6-7-8-11(4-2)9-12-10-13-12/h3,11-12H,1,4-10H2,2H3. The molecule has 0 N–H and O–H groups in total. The molecule has 0 spiro atoms. The lowest BCUT2D eigenvalue weighted by Crippen LogP contribution is -2.02. The van der Waals surface area contributed by atoms with Gasteiger partial charge in [0.15, 0.2) is 0 Å². The highest BCUT2D eigenvalue weighted by molar-refractivity contribution is 4.74. The minimum Gasteiger partial charge on any atom is -0.373 e. The molecule has 1 heterocycles. The maximum atomic E-state index is 5.25. The number of hydrogen-bond acceptors (Lipinski definition) is 1. The van der Waals surface area contributed by atoms with Gasteiger partial charge < -0.3 is 4.74 Å². The molecule has 2 atom stereocenters. The molecule has 1 fully saturated rings. The van der Waals surface area contributed by atoms with Gasteiger partial charge in [-0.05, 0) is 25.2 Å². The highest BCUT2D eigenvalue weighted by atomic mass is 16.6. The van der Waals surface area contributed by atoms with Crippen LogP contribution in [0.5, 0.6) is 0 Å². The van der Waals surface area contributed by atoms with Crippen LogP contribution < -0.4 is 0 Å². The molecule has 1 heteroatoms. The Morgan fingerprint density at radius 3 is 2.85 bits per heavy atom. The van der Waals surface area contributed by atoms with Gasteiger partial charge in [-0.2, -0.15) is 0 Å². The van der Waals surface area contributed by atoms with Crippen molar-refractivity contribution in [2.24, 2.45) is 5.92 Å². The summed E-state index contributed by atoms with van der Waals surface area (Å²) in [4.78, 5) is 0. The van der Waals surface area contributed by atoms with Crippen LogP contribution in [0.15, 0.2) is 12.7 Å². The lowest BCUT2D eigenvalue weighted by atomic mass is 9.94. The van der Waals surface area contributed by atoms with Crippen LogP contribution >= 0.6 is 0 Å². The number of ether oxygens (including phenoxy) is 1. The fraction of sp³-hybridized carbons (Fsp3) is 0.833. The van der Waals surface area contributed by atoms with E-state index in [0.29, 0.717) is 6.10 Å². The van der Waals surface area contributed by atoms with Gasteiger partial charge in [0.05, 0.1) is 12.7 Å². The van der Waals surface area contributed by atoms with Crippen molar-refractivity contribution in [2.75, 3.05) is 6.61 Å². The summed E-state index contributed by atoms with van der Waals surface area (Å²) in [6.45, 7) is 7.05. The fourth-order valence-corrected chi connectivity index (χ4v) is 1.79. The first kappa shape index (κ1) is 10.8. The molecule has 0 aromatic carbocycles. The third kappa shape index (κ3) is 5.09. The van der Waals surface area contributed by atoms with E-state index in [-0.39, 0.29) is 0 Å². The normalized spacial score (nSPS) is 22.7. The van der Waals surface area contributed by atoms with Gasteiger partial charge >= 0.3 is 0 Å². The molecule has 13 heavy (non-hydrogen) atoms. The third-order valence-corrected chi connectivity index (χ3v) is 2.85. The summed E-state index contributed by atoms with van der Waals surface area (Å²) >= 11 is 0.